The Morgan fingerprint density at radius 3 is 2.63 bits per heavy atom. The number of esters is 1. The van der Waals surface area contributed by atoms with Crippen LogP contribution in [0.5, 0.6) is 5.75 Å². The number of rotatable bonds is 6. The first kappa shape index (κ1) is 23.2. The molecule has 1 unspecified atom stereocenters. The SMILES string of the molecule is C=C[C@H]1CN2CC[C@H]1C[C@@H]2[C@@H](OC(=O)c1ccc2c(c1)-c1ccccc1-2)c1ccnc2ccc(OC)cc12. The summed E-state index contributed by atoms with van der Waals surface area (Å²) in [7, 11) is 1.67. The summed E-state index contributed by atoms with van der Waals surface area (Å²) < 4.78 is 12.0. The molecule has 0 N–H and O–H groups in total. The maximum Gasteiger partial charge on any atom is 0.338 e. The Morgan fingerprint density at radius 1 is 1.05 bits per heavy atom. The van der Waals surface area contributed by atoms with Crippen molar-refractivity contribution in [1.29, 1.82) is 0 Å². The number of aromatic nitrogens is 1. The van der Waals surface area contributed by atoms with Gasteiger partial charge in [0, 0.05) is 23.7 Å². The Balaban J connectivity index is 1.27. The van der Waals surface area contributed by atoms with E-state index in [1.54, 1.807) is 7.11 Å². The van der Waals surface area contributed by atoms with Gasteiger partial charge in [0.25, 0.3) is 0 Å². The largest absolute Gasteiger partial charge is 0.497 e. The lowest BCUT2D eigenvalue weighted by Crippen LogP contribution is -2.55. The van der Waals surface area contributed by atoms with Crippen LogP contribution in [0.15, 0.2) is 85.6 Å². The average molecular weight is 503 g/mol. The molecule has 5 heteroatoms. The molecule has 3 aromatic carbocycles. The van der Waals surface area contributed by atoms with E-state index in [4.69, 9.17) is 9.47 Å². The van der Waals surface area contributed by atoms with Crippen molar-refractivity contribution in [1.82, 2.24) is 9.88 Å². The fraction of sp³-hybridized carbons (Fsp3) is 0.273. The van der Waals surface area contributed by atoms with Crippen molar-refractivity contribution >= 4 is 16.9 Å². The molecule has 8 rings (SSSR count). The van der Waals surface area contributed by atoms with Gasteiger partial charge >= 0.3 is 5.97 Å². The summed E-state index contributed by atoms with van der Waals surface area (Å²) in [5.74, 6) is 1.51. The predicted molar refractivity (Wildman–Crippen MR) is 149 cm³/mol. The zero-order chi connectivity index (χ0) is 25.8. The molecule has 2 bridgehead atoms. The first-order valence-corrected chi connectivity index (χ1v) is 13.4. The predicted octanol–water partition coefficient (Wildman–Crippen LogP) is 6.69. The minimum absolute atomic E-state index is 0.0954. The number of hydrogen-bond donors (Lipinski definition) is 0. The molecule has 5 atom stereocenters. The van der Waals surface area contributed by atoms with Gasteiger partial charge in [0.05, 0.1) is 24.2 Å². The maximum atomic E-state index is 13.8. The van der Waals surface area contributed by atoms with Crippen LogP contribution in [0.25, 0.3) is 33.2 Å². The number of ether oxygens (including phenoxy) is 2. The van der Waals surface area contributed by atoms with E-state index in [1.165, 1.54) is 16.7 Å². The maximum absolute atomic E-state index is 13.8. The summed E-state index contributed by atoms with van der Waals surface area (Å²) in [5, 5.41) is 0.957. The number of carbonyl (C=O) groups excluding carboxylic acids is 1. The van der Waals surface area contributed by atoms with E-state index in [1.807, 2.05) is 60.8 Å². The molecule has 0 radical (unpaired) electrons. The van der Waals surface area contributed by atoms with Crippen LogP contribution in [-0.4, -0.2) is 42.1 Å². The van der Waals surface area contributed by atoms with Crippen molar-refractivity contribution in [3.8, 4) is 28.0 Å². The Morgan fingerprint density at radius 2 is 1.87 bits per heavy atom. The summed E-state index contributed by atoms with van der Waals surface area (Å²) in [4.78, 5) is 20.8. The molecule has 1 aromatic heterocycles. The molecule has 3 aliphatic heterocycles. The zero-order valence-corrected chi connectivity index (χ0v) is 21.5. The molecule has 0 amide bonds. The Labute approximate surface area is 222 Å². The summed E-state index contributed by atoms with van der Waals surface area (Å²) in [5.41, 5.74) is 7.14. The average Bonchev–Trinajstić information content (AvgIpc) is 2.97. The molecular formula is C33H30N2O3. The van der Waals surface area contributed by atoms with Gasteiger partial charge in [-0.3, -0.25) is 9.88 Å². The molecule has 4 aliphatic rings. The highest BCUT2D eigenvalue weighted by Gasteiger charge is 2.44. The van der Waals surface area contributed by atoms with Crippen molar-refractivity contribution < 1.29 is 14.3 Å². The second kappa shape index (κ2) is 9.10. The van der Waals surface area contributed by atoms with E-state index in [-0.39, 0.29) is 12.0 Å². The third-order valence-corrected chi connectivity index (χ3v) is 8.79. The van der Waals surface area contributed by atoms with Gasteiger partial charge in [-0.25, -0.2) is 4.79 Å². The van der Waals surface area contributed by atoms with Gasteiger partial charge in [0.2, 0.25) is 0 Å². The summed E-state index contributed by atoms with van der Waals surface area (Å²) in [6.45, 7) is 6.04. The van der Waals surface area contributed by atoms with Crippen molar-refractivity contribution in [3.05, 3.63) is 96.7 Å². The van der Waals surface area contributed by atoms with Gasteiger partial charge in [-0.05, 0) is 89.9 Å². The molecule has 190 valence electrons. The molecule has 4 aromatic rings. The molecule has 1 aliphatic carbocycles. The lowest BCUT2D eigenvalue weighted by atomic mass is 9.73. The van der Waals surface area contributed by atoms with Crippen LogP contribution in [0.4, 0.5) is 0 Å². The normalized spacial score (nSPS) is 23.6. The van der Waals surface area contributed by atoms with E-state index in [0.29, 0.717) is 17.4 Å². The fourth-order valence-corrected chi connectivity index (χ4v) is 6.77. The highest BCUT2D eigenvalue weighted by molar-refractivity contribution is 6.05. The molecule has 4 heterocycles. The third kappa shape index (κ3) is 3.64. The zero-order valence-electron chi connectivity index (χ0n) is 21.5. The Hall–Kier alpha value is -3.96. The number of fused-ring (bicyclic) bond motifs is 8. The van der Waals surface area contributed by atoms with Crippen LogP contribution >= 0.6 is 0 Å². The van der Waals surface area contributed by atoms with Crippen LogP contribution < -0.4 is 4.74 Å². The van der Waals surface area contributed by atoms with Gasteiger partial charge in [-0.15, -0.1) is 6.58 Å². The summed E-state index contributed by atoms with van der Waals surface area (Å²) in [6, 6.07) is 22.2. The minimum atomic E-state index is -0.424. The monoisotopic (exact) mass is 502 g/mol. The molecule has 5 nitrogen and oxygen atoms in total. The van der Waals surface area contributed by atoms with Crippen molar-refractivity contribution in [3.63, 3.8) is 0 Å². The van der Waals surface area contributed by atoms with Gasteiger partial charge in [0.1, 0.15) is 11.9 Å². The Bertz CT molecular complexity index is 1580. The number of carbonyl (C=O) groups is 1. The highest BCUT2D eigenvalue weighted by Crippen LogP contribution is 2.48. The van der Waals surface area contributed by atoms with E-state index in [2.05, 4.69) is 34.7 Å². The number of hydrogen-bond acceptors (Lipinski definition) is 5. The standard InChI is InChI=1S/C33H30N2O3/c1-3-20-19-35-15-13-21(20)17-31(35)32(27-12-14-34-30-11-9-23(37-2)18-29(27)30)38-33(36)22-8-10-26-24-6-4-5-7-25(24)28(26)16-22/h3-12,14,16,18,20-21,31-32H,1,13,15,17,19H2,2H3/t20-,21-,31+,32-/m0/s1. The number of methoxy groups -OCH3 is 1. The van der Waals surface area contributed by atoms with Gasteiger partial charge in [0.15, 0.2) is 0 Å². The summed E-state index contributed by atoms with van der Waals surface area (Å²) in [6.07, 6.45) is 5.62. The topological polar surface area (TPSA) is 51.7 Å². The highest BCUT2D eigenvalue weighted by atomic mass is 16.5. The van der Waals surface area contributed by atoms with Gasteiger partial charge in [-0.2, -0.15) is 0 Å². The molecular weight excluding hydrogens is 472 g/mol. The Kier molecular flexibility index (Phi) is 5.55. The van der Waals surface area contributed by atoms with Gasteiger partial charge in [-0.1, -0.05) is 36.4 Å². The van der Waals surface area contributed by atoms with Crippen LogP contribution in [0, 0.1) is 11.8 Å². The van der Waals surface area contributed by atoms with Crippen LogP contribution in [0.2, 0.25) is 0 Å². The molecule has 3 fully saturated rings. The molecule has 0 saturated carbocycles. The minimum Gasteiger partial charge on any atom is -0.497 e. The third-order valence-electron chi connectivity index (χ3n) is 8.79. The number of nitrogens with zero attached hydrogens (tertiary/aromatic N) is 2. The van der Waals surface area contributed by atoms with E-state index in [0.717, 1.165) is 53.7 Å². The molecule has 0 spiro atoms. The van der Waals surface area contributed by atoms with Crippen LogP contribution in [-0.2, 0) is 4.74 Å². The number of piperidine rings is 3. The number of pyridine rings is 1. The van der Waals surface area contributed by atoms with E-state index < -0.39 is 6.10 Å². The quantitative estimate of drug-likeness (QED) is 0.191. The molecule has 38 heavy (non-hydrogen) atoms. The first-order valence-electron chi connectivity index (χ1n) is 13.4. The van der Waals surface area contributed by atoms with E-state index in [9.17, 15) is 4.79 Å². The van der Waals surface area contributed by atoms with E-state index >= 15 is 0 Å². The summed E-state index contributed by atoms with van der Waals surface area (Å²) >= 11 is 0. The van der Waals surface area contributed by atoms with Crippen LogP contribution in [0.3, 0.4) is 0 Å². The molecule has 3 saturated heterocycles. The second-order valence-electron chi connectivity index (χ2n) is 10.7. The van der Waals surface area contributed by atoms with Crippen molar-refractivity contribution in [2.45, 2.75) is 25.0 Å². The fourth-order valence-electron chi connectivity index (χ4n) is 6.77. The lowest BCUT2D eigenvalue weighted by molar-refractivity contribution is -0.0568. The van der Waals surface area contributed by atoms with Crippen molar-refractivity contribution in [2.75, 3.05) is 20.2 Å². The first-order chi connectivity index (χ1) is 18.6. The van der Waals surface area contributed by atoms with Crippen molar-refractivity contribution in [2.24, 2.45) is 11.8 Å². The van der Waals surface area contributed by atoms with Gasteiger partial charge < -0.3 is 9.47 Å². The van der Waals surface area contributed by atoms with Crippen LogP contribution in [0.1, 0.15) is 34.9 Å². The number of benzene rings is 3. The lowest BCUT2D eigenvalue weighted by Gasteiger charge is -2.51. The second-order valence-corrected chi connectivity index (χ2v) is 10.7. The smallest absolute Gasteiger partial charge is 0.338 e.